The highest BCUT2D eigenvalue weighted by Crippen LogP contribution is 2.27. The number of benzene rings is 2. The largest absolute Gasteiger partial charge is 0.495 e. The lowest BCUT2D eigenvalue weighted by atomic mass is 10.1. The van der Waals surface area contributed by atoms with Crippen molar-refractivity contribution in [3.63, 3.8) is 0 Å². The smallest absolute Gasteiger partial charge is 0.234 e. The van der Waals surface area contributed by atoms with E-state index >= 15 is 0 Å². The quantitative estimate of drug-likeness (QED) is 0.504. The first-order valence-electron chi connectivity index (χ1n) is 11.4. The number of nitrogens with zero attached hydrogens (tertiary/aromatic N) is 4. The van der Waals surface area contributed by atoms with Crippen LogP contribution in [0.4, 0.5) is 17.2 Å². The van der Waals surface area contributed by atoms with Gasteiger partial charge in [0, 0.05) is 31.9 Å². The number of carbonyl (C=O) groups excluding carboxylic acids is 1. The van der Waals surface area contributed by atoms with Gasteiger partial charge in [0.05, 0.1) is 18.6 Å². The molecular weight excluding hydrogens is 446 g/mol. The molecule has 4 rings (SSSR count). The molecule has 1 aliphatic heterocycles. The first-order chi connectivity index (χ1) is 16.4. The molecular formula is C26H31N5O2S. The van der Waals surface area contributed by atoms with Crippen LogP contribution in [0.25, 0.3) is 0 Å². The topological polar surface area (TPSA) is 70.6 Å². The second kappa shape index (κ2) is 10.8. The van der Waals surface area contributed by atoms with Gasteiger partial charge in [0.15, 0.2) is 5.82 Å². The van der Waals surface area contributed by atoms with Crippen molar-refractivity contribution in [2.75, 3.05) is 54.2 Å². The molecule has 8 heteroatoms. The van der Waals surface area contributed by atoms with Crippen molar-refractivity contribution >= 4 is 34.9 Å². The maximum Gasteiger partial charge on any atom is 0.234 e. The van der Waals surface area contributed by atoms with Gasteiger partial charge in [-0.2, -0.15) is 0 Å². The number of ether oxygens (including phenoxy) is 1. The predicted molar refractivity (Wildman–Crippen MR) is 139 cm³/mol. The van der Waals surface area contributed by atoms with Crippen molar-refractivity contribution in [2.45, 2.75) is 25.8 Å². The molecule has 0 radical (unpaired) electrons. The molecule has 7 nitrogen and oxygen atoms in total. The molecule has 34 heavy (non-hydrogen) atoms. The number of hydrogen-bond donors (Lipinski definition) is 1. The first kappa shape index (κ1) is 23.9. The average Bonchev–Trinajstić information content (AvgIpc) is 2.85. The van der Waals surface area contributed by atoms with Gasteiger partial charge in [-0.25, -0.2) is 0 Å². The summed E-state index contributed by atoms with van der Waals surface area (Å²) in [5, 5.41) is 12.4. The molecule has 3 aromatic rings. The van der Waals surface area contributed by atoms with E-state index in [2.05, 4.69) is 57.4 Å². The van der Waals surface area contributed by atoms with E-state index in [0.717, 1.165) is 42.6 Å². The Morgan fingerprint density at radius 3 is 2.35 bits per heavy atom. The summed E-state index contributed by atoms with van der Waals surface area (Å²) in [6.45, 7) is 9.98. The molecule has 1 aliphatic rings. The van der Waals surface area contributed by atoms with Crippen LogP contribution in [0.15, 0.2) is 53.6 Å². The average molecular weight is 478 g/mol. The van der Waals surface area contributed by atoms with E-state index in [4.69, 9.17) is 4.74 Å². The Bertz CT molecular complexity index is 1140. The Hall–Kier alpha value is -3.26. The van der Waals surface area contributed by atoms with Gasteiger partial charge in [-0.3, -0.25) is 4.79 Å². The molecule has 2 heterocycles. The van der Waals surface area contributed by atoms with Crippen molar-refractivity contribution in [3.8, 4) is 5.75 Å². The summed E-state index contributed by atoms with van der Waals surface area (Å²) in [5.41, 5.74) is 5.65. The summed E-state index contributed by atoms with van der Waals surface area (Å²) in [5.74, 6) is 1.66. The fraction of sp³-hybridized carbons (Fsp3) is 0.346. The summed E-state index contributed by atoms with van der Waals surface area (Å²) in [7, 11) is 1.59. The van der Waals surface area contributed by atoms with E-state index < -0.39 is 0 Å². The Labute approximate surface area is 205 Å². The van der Waals surface area contributed by atoms with Gasteiger partial charge < -0.3 is 19.9 Å². The van der Waals surface area contributed by atoms with Gasteiger partial charge in [0.1, 0.15) is 10.8 Å². The Morgan fingerprint density at radius 1 is 0.941 bits per heavy atom. The molecule has 0 bridgehead atoms. The van der Waals surface area contributed by atoms with Crippen LogP contribution >= 0.6 is 11.8 Å². The van der Waals surface area contributed by atoms with Crippen molar-refractivity contribution in [2.24, 2.45) is 0 Å². The third-order valence-electron chi connectivity index (χ3n) is 5.92. The summed E-state index contributed by atoms with van der Waals surface area (Å²) in [6, 6.07) is 16.2. The number of rotatable bonds is 7. The molecule has 0 saturated carbocycles. The van der Waals surface area contributed by atoms with E-state index in [0.29, 0.717) is 11.4 Å². The van der Waals surface area contributed by atoms with Gasteiger partial charge in [0.2, 0.25) is 5.91 Å². The number of thioether (sulfide) groups is 1. The van der Waals surface area contributed by atoms with Crippen molar-refractivity contribution in [1.82, 2.24) is 10.2 Å². The van der Waals surface area contributed by atoms with Crippen molar-refractivity contribution in [3.05, 3.63) is 65.2 Å². The number of aryl methyl sites for hydroxylation is 3. The lowest BCUT2D eigenvalue weighted by molar-refractivity contribution is -0.113. The zero-order valence-corrected chi connectivity index (χ0v) is 21.0. The minimum absolute atomic E-state index is 0.109. The van der Waals surface area contributed by atoms with Gasteiger partial charge in [-0.05, 0) is 67.8 Å². The molecule has 1 N–H and O–H groups in total. The lowest BCUT2D eigenvalue weighted by Crippen LogP contribution is -2.47. The van der Waals surface area contributed by atoms with Crippen LogP contribution in [0, 0.1) is 20.8 Å². The normalized spacial score (nSPS) is 13.6. The van der Waals surface area contributed by atoms with Crippen molar-refractivity contribution in [1.29, 1.82) is 0 Å². The molecule has 0 spiro atoms. The number of carbonyl (C=O) groups is 1. The number of amides is 1. The Balaban J connectivity index is 1.29. The molecule has 1 fully saturated rings. The lowest BCUT2D eigenvalue weighted by Gasteiger charge is -2.37. The highest BCUT2D eigenvalue weighted by molar-refractivity contribution is 7.99. The highest BCUT2D eigenvalue weighted by atomic mass is 32.2. The SMILES string of the molecule is COc1ccc(C)cc1NC(=O)CSc1ccc(N2CCN(c3cc(C)ccc3C)CC2)nn1. The zero-order chi connectivity index (χ0) is 24.1. The molecule has 0 unspecified atom stereocenters. The summed E-state index contributed by atoms with van der Waals surface area (Å²) in [4.78, 5) is 17.1. The first-order valence-corrected chi connectivity index (χ1v) is 12.4. The van der Waals surface area contributed by atoms with Crippen LogP contribution in [-0.2, 0) is 4.79 Å². The second-order valence-electron chi connectivity index (χ2n) is 8.53. The van der Waals surface area contributed by atoms with Crippen molar-refractivity contribution < 1.29 is 9.53 Å². The van der Waals surface area contributed by atoms with E-state index in [1.807, 2.05) is 37.3 Å². The summed E-state index contributed by atoms with van der Waals surface area (Å²) < 4.78 is 5.33. The number of piperazine rings is 1. The van der Waals surface area contributed by atoms with Gasteiger partial charge in [0.25, 0.3) is 0 Å². The van der Waals surface area contributed by atoms with E-state index in [-0.39, 0.29) is 11.7 Å². The van der Waals surface area contributed by atoms with Crippen LogP contribution in [0.5, 0.6) is 5.75 Å². The van der Waals surface area contributed by atoms with Crippen LogP contribution in [0.3, 0.4) is 0 Å². The summed E-state index contributed by atoms with van der Waals surface area (Å²) in [6.07, 6.45) is 0. The summed E-state index contributed by atoms with van der Waals surface area (Å²) >= 11 is 1.37. The molecule has 2 aromatic carbocycles. The maximum absolute atomic E-state index is 12.4. The fourth-order valence-corrected chi connectivity index (χ4v) is 4.65. The number of methoxy groups -OCH3 is 1. The molecule has 0 aliphatic carbocycles. The molecule has 1 saturated heterocycles. The minimum Gasteiger partial charge on any atom is -0.495 e. The number of nitrogens with one attached hydrogen (secondary N) is 1. The molecule has 1 amide bonds. The second-order valence-corrected chi connectivity index (χ2v) is 9.53. The molecule has 1 aromatic heterocycles. The van der Waals surface area contributed by atoms with E-state index in [1.54, 1.807) is 7.11 Å². The standard InChI is InChI=1S/C26H31N5O2S/c1-18-6-8-23(33-4)21(15-18)27-25(32)17-34-26-10-9-24(28-29-26)31-13-11-30(12-14-31)22-16-19(2)5-7-20(22)3/h5-10,15-16H,11-14,17H2,1-4H3,(H,27,32). The minimum atomic E-state index is -0.109. The van der Waals surface area contributed by atoms with Gasteiger partial charge in [-0.1, -0.05) is 30.0 Å². The van der Waals surface area contributed by atoms with Gasteiger partial charge >= 0.3 is 0 Å². The van der Waals surface area contributed by atoms with Crippen LogP contribution in [-0.4, -0.2) is 55.1 Å². The third kappa shape index (κ3) is 5.80. The molecule has 178 valence electrons. The van der Waals surface area contributed by atoms with E-state index in [9.17, 15) is 4.79 Å². The van der Waals surface area contributed by atoms with E-state index in [1.165, 1.54) is 28.6 Å². The van der Waals surface area contributed by atoms with Gasteiger partial charge in [-0.15, -0.1) is 10.2 Å². The number of anilines is 3. The van der Waals surface area contributed by atoms with Crippen LogP contribution in [0.1, 0.15) is 16.7 Å². The number of aromatic nitrogens is 2. The molecule has 0 atom stereocenters. The fourth-order valence-electron chi connectivity index (χ4n) is 4.04. The zero-order valence-electron chi connectivity index (χ0n) is 20.2. The highest BCUT2D eigenvalue weighted by Gasteiger charge is 2.20. The number of hydrogen-bond acceptors (Lipinski definition) is 7. The Kier molecular flexibility index (Phi) is 7.57. The maximum atomic E-state index is 12.4. The predicted octanol–water partition coefficient (Wildman–Crippen LogP) is 4.47. The monoisotopic (exact) mass is 477 g/mol. The van der Waals surface area contributed by atoms with Crippen LogP contribution in [0.2, 0.25) is 0 Å². The Morgan fingerprint density at radius 2 is 1.65 bits per heavy atom. The van der Waals surface area contributed by atoms with Crippen LogP contribution < -0.4 is 19.9 Å². The third-order valence-corrected chi connectivity index (χ3v) is 6.84.